The molecule has 25 heavy (non-hydrogen) atoms. The molecular formula is C20H31N3O2. The number of aliphatic hydroxyl groups is 1. The van der Waals surface area contributed by atoms with Gasteiger partial charge in [-0.05, 0) is 37.8 Å². The Balaban J connectivity index is 1.46. The summed E-state index contributed by atoms with van der Waals surface area (Å²) >= 11 is 0. The smallest absolute Gasteiger partial charge is 0.236 e. The fourth-order valence-corrected chi connectivity index (χ4v) is 3.83. The second-order valence-electron chi connectivity index (χ2n) is 7.57. The molecule has 1 aromatic carbocycles. The molecule has 0 spiro atoms. The van der Waals surface area contributed by atoms with E-state index in [-0.39, 0.29) is 12.5 Å². The quantitative estimate of drug-likeness (QED) is 0.875. The molecule has 2 heterocycles. The Bertz CT molecular complexity index is 561. The van der Waals surface area contributed by atoms with Crippen LogP contribution < -0.4 is 0 Å². The third kappa shape index (κ3) is 5.27. The van der Waals surface area contributed by atoms with Gasteiger partial charge in [-0.3, -0.25) is 14.6 Å². The molecule has 0 aromatic heterocycles. The van der Waals surface area contributed by atoms with Gasteiger partial charge in [0.25, 0.3) is 0 Å². The summed E-state index contributed by atoms with van der Waals surface area (Å²) in [5, 5.41) is 9.24. The fourth-order valence-electron chi connectivity index (χ4n) is 3.83. The monoisotopic (exact) mass is 345 g/mol. The van der Waals surface area contributed by atoms with Gasteiger partial charge in [0.1, 0.15) is 0 Å². The highest BCUT2D eigenvalue weighted by atomic mass is 16.3. The average molecular weight is 345 g/mol. The molecule has 5 nitrogen and oxygen atoms in total. The van der Waals surface area contributed by atoms with Gasteiger partial charge < -0.3 is 10.0 Å². The SMILES string of the molecule is Cc1ccc(CN2CCCN(C(=O)CN3CCC(CO)C3)CC2)cc1. The molecule has 0 radical (unpaired) electrons. The Hall–Kier alpha value is -1.43. The van der Waals surface area contributed by atoms with Crippen LogP contribution in [0.15, 0.2) is 24.3 Å². The zero-order valence-corrected chi connectivity index (χ0v) is 15.4. The van der Waals surface area contributed by atoms with Crippen LogP contribution >= 0.6 is 0 Å². The van der Waals surface area contributed by atoms with E-state index in [2.05, 4.69) is 41.0 Å². The lowest BCUT2D eigenvalue weighted by Gasteiger charge is -2.24. The molecule has 1 atom stereocenters. The van der Waals surface area contributed by atoms with E-state index in [1.165, 1.54) is 11.1 Å². The van der Waals surface area contributed by atoms with Crippen molar-refractivity contribution >= 4 is 5.91 Å². The topological polar surface area (TPSA) is 47.0 Å². The Morgan fingerprint density at radius 1 is 1.08 bits per heavy atom. The fraction of sp³-hybridized carbons (Fsp3) is 0.650. The summed E-state index contributed by atoms with van der Waals surface area (Å²) in [6.45, 7) is 9.29. The van der Waals surface area contributed by atoms with Gasteiger partial charge in [0, 0.05) is 45.9 Å². The molecule has 2 fully saturated rings. The van der Waals surface area contributed by atoms with Crippen LogP contribution in [0.4, 0.5) is 0 Å². The van der Waals surface area contributed by atoms with Gasteiger partial charge in [0.05, 0.1) is 6.54 Å². The van der Waals surface area contributed by atoms with E-state index in [0.717, 1.165) is 58.7 Å². The van der Waals surface area contributed by atoms with E-state index in [1.54, 1.807) is 0 Å². The molecule has 2 saturated heterocycles. The largest absolute Gasteiger partial charge is 0.396 e. The first-order valence-corrected chi connectivity index (χ1v) is 9.53. The zero-order valence-electron chi connectivity index (χ0n) is 15.4. The summed E-state index contributed by atoms with van der Waals surface area (Å²) in [6.07, 6.45) is 2.05. The number of hydrogen-bond acceptors (Lipinski definition) is 4. The van der Waals surface area contributed by atoms with E-state index >= 15 is 0 Å². The number of carbonyl (C=O) groups is 1. The maximum Gasteiger partial charge on any atom is 0.236 e. The third-order valence-electron chi connectivity index (χ3n) is 5.46. The zero-order chi connectivity index (χ0) is 17.6. The van der Waals surface area contributed by atoms with E-state index in [9.17, 15) is 9.90 Å². The summed E-state index contributed by atoms with van der Waals surface area (Å²) < 4.78 is 0. The van der Waals surface area contributed by atoms with Crippen molar-refractivity contribution < 1.29 is 9.90 Å². The molecule has 1 aromatic rings. The molecule has 0 saturated carbocycles. The standard InChI is InChI=1S/C20H31N3O2/c1-17-3-5-18(6-4-17)13-21-8-2-9-23(12-11-21)20(25)15-22-10-7-19(14-22)16-24/h3-6,19,24H,2,7-16H2,1H3. The van der Waals surface area contributed by atoms with Crippen molar-refractivity contribution in [1.29, 1.82) is 0 Å². The Labute approximate surface area is 151 Å². The van der Waals surface area contributed by atoms with E-state index in [1.807, 2.05) is 4.90 Å². The van der Waals surface area contributed by atoms with Crippen molar-refractivity contribution in [2.75, 3.05) is 52.4 Å². The highest BCUT2D eigenvalue weighted by Gasteiger charge is 2.26. The predicted octanol–water partition coefficient (Wildman–Crippen LogP) is 1.34. The van der Waals surface area contributed by atoms with Gasteiger partial charge in [0.2, 0.25) is 5.91 Å². The first-order valence-electron chi connectivity index (χ1n) is 9.53. The summed E-state index contributed by atoms with van der Waals surface area (Å²) in [7, 11) is 0. The van der Waals surface area contributed by atoms with Crippen molar-refractivity contribution in [3.63, 3.8) is 0 Å². The van der Waals surface area contributed by atoms with Crippen LogP contribution in [0, 0.1) is 12.8 Å². The minimum Gasteiger partial charge on any atom is -0.396 e. The molecule has 0 bridgehead atoms. The van der Waals surface area contributed by atoms with Crippen LogP contribution in [-0.4, -0.2) is 78.1 Å². The predicted molar refractivity (Wildman–Crippen MR) is 99.3 cm³/mol. The molecule has 2 aliphatic heterocycles. The summed E-state index contributed by atoms with van der Waals surface area (Å²) in [6, 6.07) is 8.74. The van der Waals surface area contributed by atoms with Gasteiger partial charge in [-0.2, -0.15) is 0 Å². The number of aryl methyl sites for hydroxylation is 1. The lowest BCUT2D eigenvalue weighted by Crippen LogP contribution is -2.41. The van der Waals surface area contributed by atoms with E-state index < -0.39 is 0 Å². The minimum atomic E-state index is 0.238. The third-order valence-corrected chi connectivity index (χ3v) is 5.46. The number of carbonyl (C=O) groups excluding carboxylic acids is 1. The number of likely N-dealkylation sites (tertiary alicyclic amines) is 1. The van der Waals surface area contributed by atoms with E-state index in [0.29, 0.717) is 12.5 Å². The molecule has 1 unspecified atom stereocenters. The molecule has 1 amide bonds. The number of benzene rings is 1. The van der Waals surface area contributed by atoms with Crippen LogP contribution in [0.25, 0.3) is 0 Å². The van der Waals surface area contributed by atoms with Crippen LogP contribution in [0.1, 0.15) is 24.0 Å². The van der Waals surface area contributed by atoms with Crippen LogP contribution in [0.2, 0.25) is 0 Å². The first-order chi connectivity index (χ1) is 12.1. The molecule has 1 N–H and O–H groups in total. The summed E-state index contributed by atoms with van der Waals surface area (Å²) in [4.78, 5) is 19.3. The average Bonchev–Trinajstić information content (AvgIpc) is 2.93. The number of hydrogen-bond donors (Lipinski definition) is 1. The summed E-state index contributed by atoms with van der Waals surface area (Å²) in [5.74, 6) is 0.595. The Morgan fingerprint density at radius 3 is 2.60 bits per heavy atom. The van der Waals surface area contributed by atoms with Crippen molar-refractivity contribution in [1.82, 2.24) is 14.7 Å². The van der Waals surface area contributed by atoms with Crippen molar-refractivity contribution in [3.05, 3.63) is 35.4 Å². The lowest BCUT2D eigenvalue weighted by molar-refractivity contribution is -0.132. The van der Waals surface area contributed by atoms with Gasteiger partial charge in [0.15, 0.2) is 0 Å². The van der Waals surface area contributed by atoms with Gasteiger partial charge in [-0.15, -0.1) is 0 Å². The molecule has 0 aliphatic carbocycles. The van der Waals surface area contributed by atoms with Crippen molar-refractivity contribution in [2.24, 2.45) is 5.92 Å². The molecule has 3 rings (SSSR count). The molecular weight excluding hydrogens is 314 g/mol. The maximum atomic E-state index is 12.6. The number of aliphatic hydroxyl groups excluding tert-OH is 1. The minimum absolute atomic E-state index is 0.238. The Kier molecular flexibility index (Phi) is 6.45. The number of amides is 1. The molecule has 138 valence electrons. The van der Waals surface area contributed by atoms with Crippen molar-refractivity contribution in [3.8, 4) is 0 Å². The molecule has 5 heteroatoms. The maximum absolute atomic E-state index is 12.6. The number of rotatable bonds is 5. The highest BCUT2D eigenvalue weighted by molar-refractivity contribution is 5.78. The second-order valence-corrected chi connectivity index (χ2v) is 7.57. The summed E-state index contributed by atoms with van der Waals surface area (Å²) in [5.41, 5.74) is 2.64. The van der Waals surface area contributed by atoms with Crippen LogP contribution in [0.3, 0.4) is 0 Å². The van der Waals surface area contributed by atoms with E-state index in [4.69, 9.17) is 0 Å². The normalized spacial score (nSPS) is 23.0. The van der Waals surface area contributed by atoms with Gasteiger partial charge in [-0.25, -0.2) is 0 Å². The van der Waals surface area contributed by atoms with Crippen LogP contribution in [0.5, 0.6) is 0 Å². The highest BCUT2D eigenvalue weighted by Crippen LogP contribution is 2.16. The van der Waals surface area contributed by atoms with Crippen LogP contribution in [-0.2, 0) is 11.3 Å². The first kappa shape index (κ1) is 18.4. The van der Waals surface area contributed by atoms with Crippen molar-refractivity contribution in [2.45, 2.75) is 26.3 Å². The Morgan fingerprint density at radius 2 is 1.88 bits per heavy atom. The van der Waals surface area contributed by atoms with Gasteiger partial charge >= 0.3 is 0 Å². The second kappa shape index (κ2) is 8.79. The van der Waals surface area contributed by atoms with Gasteiger partial charge in [-0.1, -0.05) is 29.8 Å². The lowest BCUT2D eigenvalue weighted by atomic mass is 10.1. The number of nitrogens with zero attached hydrogens (tertiary/aromatic N) is 3. The molecule has 2 aliphatic rings.